The van der Waals surface area contributed by atoms with Crippen molar-refractivity contribution in [3.8, 4) is 28.3 Å². The lowest BCUT2D eigenvalue weighted by molar-refractivity contribution is -0.994. The third-order valence-electron chi connectivity index (χ3n) is 7.50. The summed E-state index contributed by atoms with van der Waals surface area (Å²) in [5, 5.41) is 43.0. The quantitative estimate of drug-likeness (QED) is 0.390. The summed E-state index contributed by atoms with van der Waals surface area (Å²) in [6, 6.07) is 8.28. The summed E-state index contributed by atoms with van der Waals surface area (Å²) in [5.41, 5.74) is 4.93. The van der Waals surface area contributed by atoms with E-state index in [1.807, 2.05) is 42.8 Å². The Balaban J connectivity index is 1.23. The van der Waals surface area contributed by atoms with Crippen LogP contribution in [0, 0.1) is 16.5 Å². The third kappa shape index (κ3) is 4.45. The number of piperazine rings is 1. The van der Waals surface area contributed by atoms with E-state index in [0.29, 0.717) is 25.1 Å². The van der Waals surface area contributed by atoms with Crippen LogP contribution in [-0.4, -0.2) is 72.8 Å². The van der Waals surface area contributed by atoms with Crippen LogP contribution in [0.4, 0.5) is 5.82 Å². The predicted octanol–water partition coefficient (Wildman–Crippen LogP) is 1.00. The number of nitrogens with one attached hydrogen (secondary N) is 1. The number of quaternary nitrogens is 1. The first-order chi connectivity index (χ1) is 18.0. The van der Waals surface area contributed by atoms with E-state index in [1.165, 1.54) is 0 Å². The topological polar surface area (TPSA) is 126 Å². The lowest BCUT2D eigenvalue weighted by Crippen LogP contribution is -3.18. The van der Waals surface area contributed by atoms with E-state index in [0.717, 1.165) is 59.5 Å². The summed E-state index contributed by atoms with van der Waals surface area (Å²) in [4.78, 5) is 6.94. The minimum Gasteiger partial charge on any atom is -0.613 e. The largest absolute Gasteiger partial charge is 0.613 e. The number of fused-ring (bicyclic) bond motifs is 1. The van der Waals surface area contributed by atoms with Gasteiger partial charge in [-0.05, 0) is 24.6 Å². The fraction of sp³-hybridized carbons (Fsp3) is 0.385. The number of nitriles is 1. The lowest BCUT2D eigenvalue weighted by atomic mass is 10.0. The Morgan fingerprint density at radius 2 is 1.86 bits per heavy atom. The van der Waals surface area contributed by atoms with Crippen molar-refractivity contribution in [2.45, 2.75) is 31.4 Å². The maximum absolute atomic E-state index is 12.8. The van der Waals surface area contributed by atoms with Crippen LogP contribution < -0.4 is 10.1 Å². The van der Waals surface area contributed by atoms with Crippen molar-refractivity contribution in [3.05, 3.63) is 60.0 Å². The van der Waals surface area contributed by atoms with Gasteiger partial charge in [0.1, 0.15) is 17.9 Å². The van der Waals surface area contributed by atoms with E-state index >= 15 is 0 Å². The van der Waals surface area contributed by atoms with E-state index in [1.54, 1.807) is 21.6 Å². The van der Waals surface area contributed by atoms with Crippen molar-refractivity contribution < 1.29 is 10.3 Å². The van der Waals surface area contributed by atoms with Crippen LogP contribution in [0.25, 0.3) is 27.8 Å². The molecule has 0 bridgehead atoms. The maximum atomic E-state index is 12.8. The first kappa shape index (κ1) is 23.6. The van der Waals surface area contributed by atoms with Crippen molar-refractivity contribution in [1.29, 1.82) is 5.26 Å². The van der Waals surface area contributed by atoms with Gasteiger partial charge in [0, 0.05) is 73.8 Å². The van der Waals surface area contributed by atoms with Crippen LogP contribution in [0.5, 0.6) is 0 Å². The van der Waals surface area contributed by atoms with Gasteiger partial charge in [-0.3, -0.25) is 9.85 Å². The Morgan fingerprint density at radius 1 is 1.03 bits per heavy atom. The van der Waals surface area contributed by atoms with Crippen LogP contribution >= 0.6 is 0 Å². The van der Waals surface area contributed by atoms with Crippen LogP contribution in [0.3, 0.4) is 0 Å². The smallest absolute Gasteiger partial charge is 0.128 e. The van der Waals surface area contributed by atoms with Gasteiger partial charge in [-0.25, -0.2) is 9.50 Å². The molecular formula is C26H29N9O2. The van der Waals surface area contributed by atoms with E-state index in [-0.39, 0.29) is 17.3 Å². The monoisotopic (exact) mass is 499 g/mol. The highest BCUT2D eigenvalue weighted by Crippen LogP contribution is 2.32. The van der Waals surface area contributed by atoms with E-state index in [4.69, 9.17) is 4.98 Å². The van der Waals surface area contributed by atoms with Gasteiger partial charge in [0.2, 0.25) is 0 Å². The second-order valence-electron chi connectivity index (χ2n) is 9.89. The molecule has 0 radical (unpaired) electrons. The molecule has 1 saturated heterocycles. The number of nitrogens with zero attached hydrogens (tertiary/aromatic N) is 8. The van der Waals surface area contributed by atoms with Gasteiger partial charge in [0.25, 0.3) is 0 Å². The van der Waals surface area contributed by atoms with Gasteiger partial charge in [0.05, 0.1) is 42.7 Å². The van der Waals surface area contributed by atoms with Gasteiger partial charge in [-0.15, -0.1) is 0 Å². The van der Waals surface area contributed by atoms with Crippen molar-refractivity contribution in [3.63, 3.8) is 0 Å². The molecule has 4 aromatic rings. The molecule has 1 unspecified atom stereocenters. The van der Waals surface area contributed by atoms with Gasteiger partial charge in [-0.1, -0.05) is 0 Å². The first-order valence-electron chi connectivity index (χ1n) is 12.6. The third-order valence-corrected chi connectivity index (χ3v) is 7.50. The second kappa shape index (κ2) is 9.57. The molecule has 5 heterocycles. The van der Waals surface area contributed by atoms with Gasteiger partial charge >= 0.3 is 0 Å². The number of hydrogen-bond donors (Lipinski definition) is 2. The minimum atomic E-state index is -0.337. The van der Waals surface area contributed by atoms with Crippen LogP contribution in [0.2, 0.25) is 0 Å². The molecule has 2 fully saturated rings. The Bertz CT molecular complexity index is 1450. The number of aliphatic hydroxyl groups is 1. The Morgan fingerprint density at radius 3 is 2.51 bits per heavy atom. The van der Waals surface area contributed by atoms with Crippen LogP contribution in [-0.2, 0) is 7.05 Å². The summed E-state index contributed by atoms with van der Waals surface area (Å²) >= 11 is 0. The summed E-state index contributed by atoms with van der Waals surface area (Å²) in [5.74, 6) is 0.862. The highest BCUT2D eigenvalue weighted by Gasteiger charge is 2.32. The summed E-state index contributed by atoms with van der Waals surface area (Å²) in [6.07, 6.45) is 10.8. The molecule has 2 N–H and O–H groups in total. The first-order valence-corrected chi connectivity index (χ1v) is 12.6. The molecule has 37 heavy (non-hydrogen) atoms. The number of aliphatic hydroxyl groups excluding tert-OH is 1. The molecule has 190 valence electrons. The average Bonchev–Trinajstić information content (AvgIpc) is 3.67. The number of anilines is 1. The molecule has 11 nitrogen and oxygen atoms in total. The van der Waals surface area contributed by atoms with Crippen molar-refractivity contribution in [2.75, 3.05) is 31.1 Å². The Kier molecular flexibility index (Phi) is 6.10. The maximum Gasteiger partial charge on any atom is 0.128 e. The molecule has 1 aliphatic heterocycles. The van der Waals surface area contributed by atoms with E-state index in [2.05, 4.69) is 27.2 Å². The highest BCUT2D eigenvalue weighted by molar-refractivity contribution is 5.87. The molecule has 2 aliphatic rings. The lowest BCUT2D eigenvalue weighted by Gasteiger charge is -2.42. The minimum absolute atomic E-state index is 0.0416. The zero-order chi connectivity index (χ0) is 25.5. The Labute approximate surface area is 214 Å². The van der Waals surface area contributed by atoms with E-state index in [9.17, 15) is 15.6 Å². The number of aromatic nitrogens is 5. The number of rotatable bonds is 5. The van der Waals surface area contributed by atoms with Crippen LogP contribution in [0.15, 0.2) is 49.2 Å². The summed E-state index contributed by atoms with van der Waals surface area (Å²) < 4.78 is 3.49. The van der Waals surface area contributed by atoms with E-state index < -0.39 is 0 Å². The molecule has 3 atom stereocenters. The van der Waals surface area contributed by atoms with Crippen molar-refractivity contribution in [1.82, 2.24) is 29.4 Å². The summed E-state index contributed by atoms with van der Waals surface area (Å²) in [6.45, 7) is 2.75. The molecule has 0 spiro atoms. The number of aryl methyl sites for hydroxylation is 1. The Hall–Kier alpha value is -3.82. The fourth-order valence-corrected chi connectivity index (χ4v) is 5.48. The molecule has 4 aromatic heterocycles. The van der Waals surface area contributed by atoms with Gasteiger partial charge in [0.15, 0.2) is 0 Å². The highest BCUT2D eigenvalue weighted by atomic mass is 16.6. The van der Waals surface area contributed by atoms with Gasteiger partial charge < -0.3 is 15.2 Å². The molecule has 0 amide bonds. The number of hydroxylamine groups is 1. The van der Waals surface area contributed by atoms with Crippen molar-refractivity contribution >= 4 is 11.3 Å². The predicted molar refractivity (Wildman–Crippen MR) is 137 cm³/mol. The molecule has 11 heteroatoms. The average molecular weight is 500 g/mol. The number of hydrogen-bond acceptors (Lipinski definition) is 8. The number of pyridine rings is 2. The molecule has 1 saturated carbocycles. The zero-order valence-corrected chi connectivity index (χ0v) is 20.7. The molecular weight excluding hydrogens is 470 g/mol. The summed E-state index contributed by atoms with van der Waals surface area (Å²) in [7, 11) is 1.88. The molecule has 0 aromatic carbocycles. The molecule has 1 aliphatic carbocycles. The second-order valence-corrected chi connectivity index (χ2v) is 9.89. The SMILES string of the molecule is Cn1cc(-c2cc(-c3ccc(N4CCN([NH+]([O-])[C@H]5CC[C@@H](O)C5)CC4)nc3)c3c(C#N)cnn3c2)cn1. The molecule has 6 rings (SSSR count). The zero-order valence-electron chi connectivity index (χ0n) is 20.7. The van der Waals surface area contributed by atoms with Gasteiger partial charge in [-0.2, -0.15) is 20.5 Å². The normalized spacial score (nSPS) is 21.4. The fourth-order valence-electron chi connectivity index (χ4n) is 5.48. The van der Waals surface area contributed by atoms with Crippen LogP contribution in [0.1, 0.15) is 24.8 Å². The standard InChI is InChI=1S/C26H29N9O2/c1-31-16-21(15-29-31)19-10-24(26-20(12-27)14-30-34(26)17-19)18-2-5-25(28-13-18)32-6-8-33(9-7-32)35(37)22-3-4-23(36)11-22/h2,5,10,13-17,22-23,35-36H,3-4,6-9,11H2,1H3/t22-,23+/m0/s1. The van der Waals surface area contributed by atoms with Crippen molar-refractivity contribution in [2.24, 2.45) is 7.05 Å².